The molecule has 2 rings (SSSR count). The summed E-state index contributed by atoms with van der Waals surface area (Å²) in [6.07, 6.45) is 1.61. The van der Waals surface area contributed by atoms with Gasteiger partial charge in [-0.2, -0.15) is 5.10 Å². The third-order valence-corrected chi connectivity index (χ3v) is 4.21. The van der Waals surface area contributed by atoms with Crippen LogP contribution in [0.5, 0.6) is 0 Å². The first-order valence-corrected chi connectivity index (χ1v) is 6.77. The summed E-state index contributed by atoms with van der Waals surface area (Å²) in [5.74, 6) is -1.38. The molecular weight excluding hydrogens is 278 g/mol. The topological polar surface area (TPSA) is 84.2 Å². The number of aryl methyl sites for hydroxylation is 3. The zero-order valence-electron chi connectivity index (χ0n) is 11.6. The number of nitrogens with zero attached hydrogens (tertiary/aromatic N) is 2. The van der Waals surface area contributed by atoms with Gasteiger partial charge in [0.05, 0.1) is 16.8 Å². The van der Waals surface area contributed by atoms with Crippen LogP contribution in [0, 0.1) is 20.8 Å². The van der Waals surface area contributed by atoms with Crippen molar-refractivity contribution in [1.82, 2.24) is 9.78 Å². The van der Waals surface area contributed by atoms with Crippen LogP contribution in [0.4, 0.5) is 5.00 Å². The molecule has 0 radical (unpaired) electrons. The van der Waals surface area contributed by atoms with Crippen LogP contribution in [0.1, 0.15) is 36.9 Å². The molecule has 0 aliphatic heterocycles. The zero-order valence-corrected chi connectivity index (χ0v) is 12.5. The SMILES string of the molecule is Cc1nn(C)cc1C(=O)Nc1sc(C)c(C)c1C(=O)O. The van der Waals surface area contributed by atoms with Gasteiger partial charge < -0.3 is 10.4 Å². The van der Waals surface area contributed by atoms with Gasteiger partial charge in [0.1, 0.15) is 5.00 Å². The van der Waals surface area contributed by atoms with Gasteiger partial charge in [-0.05, 0) is 26.3 Å². The monoisotopic (exact) mass is 293 g/mol. The van der Waals surface area contributed by atoms with Gasteiger partial charge in [0.2, 0.25) is 0 Å². The summed E-state index contributed by atoms with van der Waals surface area (Å²) in [6.45, 7) is 5.30. The summed E-state index contributed by atoms with van der Waals surface area (Å²) in [4.78, 5) is 24.4. The Balaban J connectivity index is 2.35. The van der Waals surface area contributed by atoms with E-state index in [-0.39, 0.29) is 11.5 Å². The molecule has 1 amide bonds. The van der Waals surface area contributed by atoms with E-state index < -0.39 is 5.97 Å². The third kappa shape index (κ3) is 2.44. The van der Waals surface area contributed by atoms with Crippen LogP contribution in [-0.4, -0.2) is 26.8 Å². The number of nitrogens with one attached hydrogen (secondary N) is 1. The van der Waals surface area contributed by atoms with E-state index in [4.69, 9.17) is 0 Å². The summed E-state index contributed by atoms with van der Waals surface area (Å²) in [5.41, 5.74) is 1.88. The first-order valence-electron chi connectivity index (χ1n) is 5.96. The lowest BCUT2D eigenvalue weighted by Gasteiger charge is -2.03. The van der Waals surface area contributed by atoms with Crippen molar-refractivity contribution in [3.05, 3.63) is 33.5 Å². The van der Waals surface area contributed by atoms with Gasteiger partial charge in [-0.15, -0.1) is 11.3 Å². The molecule has 7 heteroatoms. The van der Waals surface area contributed by atoms with Crippen LogP contribution < -0.4 is 5.32 Å². The van der Waals surface area contributed by atoms with E-state index in [9.17, 15) is 14.7 Å². The molecule has 6 nitrogen and oxygen atoms in total. The van der Waals surface area contributed by atoms with Gasteiger partial charge in [-0.25, -0.2) is 4.79 Å². The number of hydrogen-bond acceptors (Lipinski definition) is 4. The molecule has 2 heterocycles. The van der Waals surface area contributed by atoms with E-state index in [2.05, 4.69) is 10.4 Å². The molecule has 0 unspecified atom stereocenters. The van der Waals surface area contributed by atoms with E-state index in [1.54, 1.807) is 31.8 Å². The number of rotatable bonds is 3. The Kier molecular flexibility index (Phi) is 3.63. The van der Waals surface area contributed by atoms with E-state index in [0.29, 0.717) is 21.8 Å². The molecule has 0 atom stereocenters. The molecule has 0 fully saturated rings. The maximum Gasteiger partial charge on any atom is 0.338 e. The summed E-state index contributed by atoms with van der Waals surface area (Å²) in [7, 11) is 1.73. The fraction of sp³-hybridized carbons (Fsp3) is 0.308. The molecular formula is C13H15N3O3S. The first kappa shape index (κ1) is 14.3. The van der Waals surface area contributed by atoms with Gasteiger partial charge in [-0.3, -0.25) is 9.48 Å². The summed E-state index contributed by atoms with van der Waals surface area (Å²) in [5, 5.41) is 16.4. The van der Waals surface area contributed by atoms with Crippen LogP contribution in [0.2, 0.25) is 0 Å². The largest absolute Gasteiger partial charge is 0.478 e. The second-order valence-electron chi connectivity index (χ2n) is 4.55. The number of aromatic carboxylic acids is 1. The van der Waals surface area contributed by atoms with Crippen molar-refractivity contribution >= 4 is 28.2 Å². The number of carbonyl (C=O) groups excluding carboxylic acids is 1. The Hall–Kier alpha value is -2.15. The summed E-state index contributed by atoms with van der Waals surface area (Å²) >= 11 is 1.26. The summed E-state index contributed by atoms with van der Waals surface area (Å²) in [6, 6.07) is 0. The maximum atomic E-state index is 12.2. The Bertz CT molecular complexity index is 700. The van der Waals surface area contributed by atoms with Gasteiger partial charge in [0.15, 0.2) is 0 Å². The van der Waals surface area contributed by atoms with Crippen molar-refractivity contribution in [2.45, 2.75) is 20.8 Å². The van der Waals surface area contributed by atoms with Crippen LogP contribution in [0.25, 0.3) is 0 Å². The van der Waals surface area contributed by atoms with E-state index in [1.165, 1.54) is 11.3 Å². The first-order chi connectivity index (χ1) is 9.31. The van der Waals surface area contributed by atoms with Crippen LogP contribution >= 0.6 is 11.3 Å². The van der Waals surface area contributed by atoms with Crippen molar-refractivity contribution in [3.8, 4) is 0 Å². The third-order valence-electron chi connectivity index (χ3n) is 3.08. The number of carboxylic acids is 1. The maximum absolute atomic E-state index is 12.2. The smallest absolute Gasteiger partial charge is 0.338 e. The van der Waals surface area contributed by atoms with Crippen molar-refractivity contribution < 1.29 is 14.7 Å². The highest BCUT2D eigenvalue weighted by atomic mass is 32.1. The molecule has 106 valence electrons. The summed E-state index contributed by atoms with van der Waals surface area (Å²) < 4.78 is 1.55. The Labute approximate surface area is 120 Å². The predicted octanol–water partition coefficient (Wildman–Crippen LogP) is 2.36. The number of amides is 1. The van der Waals surface area contributed by atoms with Gasteiger partial charge >= 0.3 is 5.97 Å². The Morgan fingerprint density at radius 3 is 2.50 bits per heavy atom. The molecule has 0 saturated heterocycles. The quantitative estimate of drug-likeness (QED) is 0.909. The molecule has 0 spiro atoms. The normalized spacial score (nSPS) is 10.6. The molecule has 0 aliphatic carbocycles. The van der Waals surface area contributed by atoms with Gasteiger partial charge in [-0.1, -0.05) is 0 Å². The Morgan fingerprint density at radius 1 is 1.35 bits per heavy atom. The number of thiophene rings is 1. The molecule has 2 aromatic rings. The van der Waals surface area contributed by atoms with E-state index >= 15 is 0 Å². The predicted molar refractivity (Wildman–Crippen MR) is 76.7 cm³/mol. The zero-order chi connectivity index (χ0) is 15.0. The number of carbonyl (C=O) groups is 2. The van der Waals surface area contributed by atoms with E-state index in [1.807, 2.05) is 6.92 Å². The molecule has 0 aromatic carbocycles. The molecule has 0 saturated carbocycles. The lowest BCUT2D eigenvalue weighted by atomic mass is 10.1. The molecule has 2 aromatic heterocycles. The second-order valence-corrected chi connectivity index (χ2v) is 5.77. The lowest BCUT2D eigenvalue weighted by Crippen LogP contribution is -2.14. The number of carboxylic acid groups (broad SMARTS) is 1. The van der Waals surface area contributed by atoms with Crippen LogP contribution in [0.15, 0.2) is 6.20 Å². The molecule has 2 N–H and O–H groups in total. The van der Waals surface area contributed by atoms with Crippen LogP contribution in [-0.2, 0) is 7.05 Å². The van der Waals surface area contributed by atoms with Crippen molar-refractivity contribution in [1.29, 1.82) is 0 Å². The molecule has 20 heavy (non-hydrogen) atoms. The highest BCUT2D eigenvalue weighted by Gasteiger charge is 2.22. The minimum atomic E-state index is -1.04. The standard InChI is InChI=1S/C13H15N3O3S/c1-6-8(3)20-12(10(6)13(18)19)14-11(17)9-5-16(4)15-7(9)2/h5H,1-4H3,(H,14,17)(H,18,19). The van der Waals surface area contributed by atoms with E-state index in [0.717, 1.165) is 4.88 Å². The molecule has 0 bridgehead atoms. The number of aromatic nitrogens is 2. The molecule has 0 aliphatic rings. The fourth-order valence-corrected chi connectivity index (χ4v) is 3.01. The van der Waals surface area contributed by atoms with Crippen LogP contribution in [0.3, 0.4) is 0 Å². The number of anilines is 1. The highest BCUT2D eigenvalue weighted by molar-refractivity contribution is 7.16. The van der Waals surface area contributed by atoms with Crippen molar-refractivity contribution in [3.63, 3.8) is 0 Å². The van der Waals surface area contributed by atoms with Gasteiger partial charge in [0.25, 0.3) is 5.91 Å². The Morgan fingerprint density at radius 2 is 2.00 bits per heavy atom. The average molecular weight is 293 g/mol. The highest BCUT2D eigenvalue weighted by Crippen LogP contribution is 2.32. The minimum Gasteiger partial charge on any atom is -0.478 e. The second kappa shape index (κ2) is 5.09. The lowest BCUT2D eigenvalue weighted by molar-refractivity contribution is 0.0697. The van der Waals surface area contributed by atoms with Crippen molar-refractivity contribution in [2.24, 2.45) is 7.05 Å². The fourth-order valence-electron chi connectivity index (χ4n) is 1.97. The minimum absolute atomic E-state index is 0.155. The van der Waals surface area contributed by atoms with Gasteiger partial charge in [0, 0.05) is 18.1 Å². The average Bonchev–Trinajstić information content (AvgIpc) is 2.80. The number of hydrogen-bond donors (Lipinski definition) is 2. The van der Waals surface area contributed by atoms with Crippen molar-refractivity contribution in [2.75, 3.05) is 5.32 Å².